The Kier molecular flexibility index (Phi) is 3.02. The minimum Gasteiger partial charge on any atom is -0.327 e. The summed E-state index contributed by atoms with van der Waals surface area (Å²) in [5, 5.41) is 6.62. The van der Waals surface area contributed by atoms with Crippen molar-refractivity contribution in [3.8, 4) is 0 Å². The molecule has 1 rings (SSSR count). The lowest BCUT2D eigenvalue weighted by atomic mass is 10.2. The maximum Gasteiger partial charge on any atom is 0.227 e. The van der Waals surface area contributed by atoms with Crippen molar-refractivity contribution in [3.63, 3.8) is 0 Å². The van der Waals surface area contributed by atoms with E-state index in [2.05, 4.69) is 10.4 Å². The van der Waals surface area contributed by atoms with Crippen molar-refractivity contribution in [2.45, 2.75) is 19.4 Å². The van der Waals surface area contributed by atoms with E-state index in [1.807, 2.05) is 0 Å². The van der Waals surface area contributed by atoms with Crippen molar-refractivity contribution in [1.82, 2.24) is 9.78 Å². The van der Waals surface area contributed by atoms with Crippen molar-refractivity contribution < 1.29 is 4.79 Å². The lowest BCUT2D eigenvalue weighted by Crippen LogP contribution is -2.24. The number of rotatable bonds is 3. The van der Waals surface area contributed by atoms with Gasteiger partial charge in [-0.1, -0.05) is 0 Å². The van der Waals surface area contributed by atoms with Crippen molar-refractivity contribution in [1.29, 1.82) is 0 Å². The van der Waals surface area contributed by atoms with Gasteiger partial charge in [0.2, 0.25) is 5.91 Å². The van der Waals surface area contributed by atoms with Gasteiger partial charge in [-0.3, -0.25) is 9.48 Å². The number of nitrogens with zero attached hydrogens (tertiary/aromatic N) is 2. The van der Waals surface area contributed by atoms with Gasteiger partial charge in [0.25, 0.3) is 0 Å². The third kappa shape index (κ3) is 2.87. The molecule has 1 unspecified atom stereocenters. The van der Waals surface area contributed by atoms with E-state index in [-0.39, 0.29) is 11.9 Å². The molecule has 0 bridgehead atoms. The predicted molar refractivity (Wildman–Crippen MR) is 50.1 cm³/mol. The van der Waals surface area contributed by atoms with Crippen LogP contribution in [0.4, 0.5) is 5.82 Å². The Morgan fingerprint density at radius 2 is 2.54 bits per heavy atom. The first-order valence-corrected chi connectivity index (χ1v) is 4.13. The van der Waals surface area contributed by atoms with Crippen LogP contribution in [0.2, 0.25) is 0 Å². The summed E-state index contributed by atoms with van der Waals surface area (Å²) < 4.78 is 1.60. The summed E-state index contributed by atoms with van der Waals surface area (Å²) in [4.78, 5) is 11.2. The van der Waals surface area contributed by atoms with Gasteiger partial charge in [-0.2, -0.15) is 5.10 Å². The summed E-state index contributed by atoms with van der Waals surface area (Å²) in [6.45, 7) is 1.79. The van der Waals surface area contributed by atoms with Gasteiger partial charge in [0.15, 0.2) is 0 Å². The van der Waals surface area contributed by atoms with E-state index >= 15 is 0 Å². The molecule has 5 nitrogen and oxygen atoms in total. The highest BCUT2D eigenvalue weighted by Gasteiger charge is 2.06. The van der Waals surface area contributed by atoms with Crippen LogP contribution in [-0.4, -0.2) is 21.7 Å². The Bertz CT molecular complexity index is 292. The first-order chi connectivity index (χ1) is 6.09. The zero-order chi connectivity index (χ0) is 9.84. The number of nitrogens with one attached hydrogen (secondary N) is 1. The zero-order valence-electron chi connectivity index (χ0n) is 7.82. The van der Waals surface area contributed by atoms with Crippen LogP contribution in [0.5, 0.6) is 0 Å². The van der Waals surface area contributed by atoms with Crippen LogP contribution >= 0.6 is 0 Å². The molecule has 0 aromatic carbocycles. The standard InChI is InChI=1S/C8H14N4O/c1-6(9)5-8(13)11-7-3-4-10-12(7)2/h3-4,6H,5,9H2,1-2H3,(H,11,13). The molecular weight excluding hydrogens is 168 g/mol. The van der Waals surface area contributed by atoms with E-state index in [1.54, 1.807) is 30.9 Å². The molecule has 5 heteroatoms. The van der Waals surface area contributed by atoms with E-state index in [1.165, 1.54) is 0 Å². The maximum atomic E-state index is 11.2. The molecule has 3 N–H and O–H groups in total. The summed E-state index contributed by atoms with van der Waals surface area (Å²) in [5.41, 5.74) is 5.48. The zero-order valence-corrected chi connectivity index (χ0v) is 7.82. The smallest absolute Gasteiger partial charge is 0.227 e. The Morgan fingerprint density at radius 3 is 3.00 bits per heavy atom. The minimum absolute atomic E-state index is 0.0846. The van der Waals surface area contributed by atoms with Crippen molar-refractivity contribution in [2.75, 3.05) is 5.32 Å². The number of hydrogen-bond acceptors (Lipinski definition) is 3. The highest BCUT2D eigenvalue weighted by molar-refractivity contribution is 5.90. The number of nitrogens with two attached hydrogens (primary N) is 1. The predicted octanol–water partition coefficient (Wildman–Crippen LogP) is 0.0959. The average Bonchev–Trinajstić information content (AvgIpc) is 2.34. The minimum atomic E-state index is -0.117. The van der Waals surface area contributed by atoms with Crippen LogP contribution in [0, 0.1) is 0 Å². The molecule has 1 amide bonds. The molecular formula is C8H14N4O. The first-order valence-electron chi connectivity index (χ1n) is 4.13. The molecule has 1 atom stereocenters. The summed E-state index contributed by atoms with van der Waals surface area (Å²) in [6, 6.07) is 1.62. The normalized spacial score (nSPS) is 12.5. The molecule has 13 heavy (non-hydrogen) atoms. The van der Waals surface area contributed by atoms with Crippen LogP contribution in [0.15, 0.2) is 12.3 Å². The third-order valence-electron chi connectivity index (χ3n) is 1.60. The molecule has 0 radical (unpaired) electrons. The summed E-state index contributed by atoms with van der Waals surface area (Å²) >= 11 is 0. The van der Waals surface area contributed by atoms with E-state index in [0.29, 0.717) is 12.2 Å². The SMILES string of the molecule is CC(N)CC(=O)Nc1ccnn1C. The highest BCUT2D eigenvalue weighted by atomic mass is 16.1. The van der Waals surface area contributed by atoms with Gasteiger partial charge in [0.1, 0.15) is 5.82 Å². The van der Waals surface area contributed by atoms with Gasteiger partial charge in [0.05, 0.1) is 6.20 Å². The summed E-state index contributed by atoms with van der Waals surface area (Å²) in [5.74, 6) is 0.601. The summed E-state index contributed by atoms with van der Waals surface area (Å²) in [7, 11) is 1.77. The molecule has 1 aromatic heterocycles. The van der Waals surface area contributed by atoms with Gasteiger partial charge < -0.3 is 11.1 Å². The quantitative estimate of drug-likeness (QED) is 0.696. The maximum absolute atomic E-state index is 11.2. The Hall–Kier alpha value is -1.36. The van der Waals surface area contributed by atoms with Gasteiger partial charge >= 0.3 is 0 Å². The fourth-order valence-electron chi connectivity index (χ4n) is 0.983. The molecule has 1 aromatic rings. The number of aromatic nitrogens is 2. The molecule has 0 fully saturated rings. The molecule has 1 heterocycles. The number of anilines is 1. The second-order valence-corrected chi connectivity index (χ2v) is 3.07. The fraction of sp³-hybridized carbons (Fsp3) is 0.500. The lowest BCUT2D eigenvalue weighted by Gasteiger charge is -2.06. The fourth-order valence-corrected chi connectivity index (χ4v) is 0.983. The molecule has 0 aliphatic heterocycles. The first kappa shape index (κ1) is 9.73. The van der Waals surface area contributed by atoms with Crippen LogP contribution in [0.25, 0.3) is 0 Å². The molecule has 0 aliphatic carbocycles. The van der Waals surface area contributed by atoms with Gasteiger partial charge in [0, 0.05) is 25.6 Å². The topological polar surface area (TPSA) is 72.9 Å². The van der Waals surface area contributed by atoms with Gasteiger partial charge in [-0.25, -0.2) is 0 Å². The highest BCUT2D eigenvalue weighted by Crippen LogP contribution is 2.03. The molecule has 0 spiro atoms. The van der Waals surface area contributed by atoms with E-state index < -0.39 is 0 Å². The van der Waals surface area contributed by atoms with E-state index in [4.69, 9.17) is 5.73 Å². The van der Waals surface area contributed by atoms with Gasteiger partial charge in [-0.05, 0) is 6.92 Å². The van der Waals surface area contributed by atoms with Crippen molar-refractivity contribution in [3.05, 3.63) is 12.3 Å². The molecule has 0 saturated carbocycles. The Morgan fingerprint density at radius 1 is 1.85 bits per heavy atom. The number of carbonyl (C=O) groups is 1. The number of amides is 1. The third-order valence-corrected chi connectivity index (χ3v) is 1.60. The van der Waals surface area contributed by atoms with E-state index in [9.17, 15) is 4.79 Å². The molecule has 0 saturated heterocycles. The summed E-state index contributed by atoms with van der Waals surface area (Å²) in [6.07, 6.45) is 1.95. The monoisotopic (exact) mass is 182 g/mol. The molecule has 72 valence electrons. The Labute approximate surface area is 76.9 Å². The van der Waals surface area contributed by atoms with Crippen molar-refractivity contribution >= 4 is 11.7 Å². The number of hydrogen-bond donors (Lipinski definition) is 2. The largest absolute Gasteiger partial charge is 0.327 e. The number of carbonyl (C=O) groups excluding carboxylic acids is 1. The number of aryl methyl sites for hydroxylation is 1. The average molecular weight is 182 g/mol. The van der Waals surface area contributed by atoms with Gasteiger partial charge in [-0.15, -0.1) is 0 Å². The Balaban J connectivity index is 2.50. The lowest BCUT2D eigenvalue weighted by molar-refractivity contribution is -0.116. The van der Waals surface area contributed by atoms with E-state index in [0.717, 1.165) is 0 Å². The van der Waals surface area contributed by atoms with Crippen LogP contribution in [-0.2, 0) is 11.8 Å². The molecule has 0 aliphatic rings. The van der Waals surface area contributed by atoms with Crippen molar-refractivity contribution in [2.24, 2.45) is 12.8 Å². The van der Waals surface area contributed by atoms with Crippen LogP contribution in [0.3, 0.4) is 0 Å². The second kappa shape index (κ2) is 4.04. The van der Waals surface area contributed by atoms with Crippen LogP contribution < -0.4 is 11.1 Å². The van der Waals surface area contributed by atoms with Crippen LogP contribution in [0.1, 0.15) is 13.3 Å². The second-order valence-electron chi connectivity index (χ2n) is 3.07.